The fourth-order valence-electron chi connectivity index (χ4n) is 2.70. The lowest BCUT2D eigenvalue weighted by molar-refractivity contribution is -0.135. The standard InChI is InChI=1S/C17H23ClN2O2/c1-12(2)17(22)20-9-7-14(8-10-20)19-16(21)11-13-5-3-4-6-15(13)18/h3-6,12,14H,7-11H2,1-2H3,(H,19,21). The molecular weight excluding hydrogens is 300 g/mol. The lowest BCUT2D eigenvalue weighted by atomic mass is 10.0. The highest BCUT2D eigenvalue weighted by Crippen LogP contribution is 2.16. The number of nitrogens with zero attached hydrogens (tertiary/aromatic N) is 1. The second kappa shape index (κ2) is 7.63. The third kappa shape index (κ3) is 4.47. The molecular formula is C17H23ClN2O2. The molecule has 4 nitrogen and oxygen atoms in total. The lowest BCUT2D eigenvalue weighted by Gasteiger charge is -2.33. The van der Waals surface area contributed by atoms with Gasteiger partial charge in [0.2, 0.25) is 11.8 Å². The van der Waals surface area contributed by atoms with E-state index in [4.69, 9.17) is 11.6 Å². The second-order valence-corrected chi connectivity index (χ2v) is 6.50. The molecule has 1 N–H and O–H groups in total. The van der Waals surface area contributed by atoms with E-state index in [1.807, 2.05) is 36.9 Å². The van der Waals surface area contributed by atoms with E-state index in [0.717, 1.165) is 18.4 Å². The van der Waals surface area contributed by atoms with Crippen LogP contribution in [-0.2, 0) is 16.0 Å². The first-order chi connectivity index (χ1) is 10.5. The van der Waals surface area contributed by atoms with Crippen LogP contribution in [0.5, 0.6) is 0 Å². The molecule has 1 aromatic carbocycles. The van der Waals surface area contributed by atoms with Crippen molar-refractivity contribution in [3.63, 3.8) is 0 Å². The Morgan fingerprint density at radius 2 is 1.91 bits per heavy atom. The summed E-state index contributed by atoms with van der Waals surface area (Å²) in [5, 5.41) is 3.67. The van der Waals surface area contributed by atoms with Crippen molar-refractivity contribution in [1.29, 1.82) is 0 Å². The third-order valence-electron chi connectivity index (χ3n) is 3.97. The zero-order valence-electron chi connectivity index (χ0n) is 13.1. The number of halogens is 1. The summed E-state index contributed by atoms with van der Waals surface area (Å²) >= 11 is 6.07. The summed E-state index contributed by atoms with van der Waals surface area (Å²) in [7, 11) is 0. The van der Waals surface area contributed by atoms with Crippen LogP contribution in [-0.4, -0.2) is 35.8 Å². The quantitative estimate of drug-likeness (QED) is 0.926. The lowest BCUT2D eigenvalue weighted by Crippen LogP contribution is -2.47. The van der Waals surface area contributed by atoms with Crippen molar-refractivity contribution in [3.05, 3.63) is 34.9 Å². The minimum atomic E-state index is -0.0123. The van der Waals surface area contributed by atoms with Gasteiger partial charge in [0.05, 0.1) is 6.42 Å². The molecule has 0 aliphatic carbocycles. The maximum Gasteiger partial charge on any atom is 0.225 e. The van der Waals surface area contributed by atoms with E-state index >= 15 is 0 Å². The zero-order valence-corrected chi connectivity index (χ0v) is 13.9. The Hall–Kier alpha value is -1.55. The summed E-state index contributed by atoms with van der Waals surface area (Å²) in [4.78, 5) is 25.9. The first-order valence-corrected chi connectivity index (χ1v) is 8.16. The number of nitrogens with one attached hydrogen (secondary N) is 1. The van der Waals surface area contributed by atoms with Crippen molar-refractivity contribution >= 4 is 23.4 Å². The molecule has 2 amide bonds. The predicted molar refractivity (Wildman–Crippen MR) is 87.7 cm³/mol. The van der Waals surface area contributed by atoms with Crippen molar-refractivity contribution in [2.45, 2.75) is 39.2 Å². The maximum absolute atomic E-state index is 12.1. The number of likely N-dealkylation sites (tertiary alicyclic amines) is 1. The van der Waals surface area contributed by atoms with Crippen molar-refractivity contribution in [3.8, 4) is 0 Å². The molecule has 0 saturated carbocycles. The average molecular weight is 323 g/mol. The Bertz CT molecular complexity index is 537. The smallest absolute Gasteiger partial charge is 0.225 e. The van der Waals surface area contributed by atoms with E-state index in [1.54, 1.807) is 6.07 Å². The minimum Gasteiger partial charge on any atom is -0.353 e. The van der Waals surface area contributed by atoms with Crippen LogP contribution in [0.4, 0.5) is 0 Å². The Labute approximate surface area is 136 Å². The van der Waals surface area contributed by atoms with E-state index < -0.39 is 0 Å². The summed E-state index contributed by atoms with van der Waals surface area (Å²) in [6, 6.07) is 7.54. The Balaban J connectivity index is 1.80. The number of piperidine rings is 1. The van der Waals surface area contributed by atoms with Crippen LogP contribution in [0.2, 0.25) is 5.02 Å². The van der Waals surface area contributed by atoms with Gasteiger partial charge in [-0.15, -0.1) is 0 Å². The highest BCUT2D eigenvalue weighted by Gasteiger charge is 2.25. The summed E-state index contributed by atoms with van der Waals surface area (Å²) in [5.41, 5.74) is 0.842. The van der Waals surface area contributed by atoms with Crippen molar-refractivity contribution in [1.82, 2.24) is 10.2 Å². The summed E-state index contributed by atoms with van der Waals surface area (Å²) in [6.45, 7) is 5.27. The van der Waals surface area contributed by atoms with Gasteiger partial charge < -0.3 is 10.2 Å². The normalized spacial score (nSPS) is 15.9. The van der Waals surface area contributed by atoms with Gasteiger partial charge in [0.1, 0.15) is 0 Å². The first-order valence-electron chi connectivity index (χ1n) is 7.79. The van der Waals surface area contributed by atoms with E-state index in [0.29, 0.717) is 24.5 Å². The van der Waals surface area contributed by atoms with Gasteiger partial charge in [-0.05, 0) is 24.5 Å². The third-order valence-corrected chi connectivity index (χ3v) is 4.34. The van der Waals surface area contributed by atoms with Gasteiger partial charge in [0, 0.05) is 30.1 Å². The molecule has 0 atom stereocenters. The van der Waals surface area contributed by atoms with Gasteiger partial charge in [0.15, 0.2) is 0 Å². The molecule has 0 spiro atoms. The molecule has 2 rings (SSSR count). The molecule has 1 fully saturated rings. The average Bonchev–Trinajstić information content (AvgIpc) is 2.49. The SMILES string of the molecule is CC(C)C(=O)N1CCC(NC(=O)Cc2ccccc2Cl)CC1. The van der Waals surface area contributed by atoms with Gasteiger partial charge in [-0.2, -0.15) is 0 Å². The van der Waals surface area contributed by atoms with Gasteiger partial charge in [-0.3, -0.25) is 9.59 Å². The molecule has 0 aromatic heterocycles. The van der Waals surface area contributed by atoms with Crippen LogP contribution in [0.15, 0.2) is 24.3 Å². The number of benzene rings is 1. The Morgan fingerprint density at radius 3 is 2.50 bits per heavy atom. The van der Waals surface area contributed by atoms with E-state index in [1.165, 1.54) is 0 Å². The summed E-state index contributed by atoms with van der Waals surface area (Å²) < 4.78 is 0. The number of hydrogen-bond acceptors (Lipinski definition) is 2. The molecule has 0 bridgehead atoms. The fourth-order valence-corrected chi connectivity index (χ4v) is 2.91. The number of amides is 2. The summed E-state index contributed by atoms with van der Waals surface area (Å²) in [5.74, 6) is 0.217. The molecule has 5 heteroatoms. The van der Waals surface area contributed by atoms with Gasteiger partial charge in [0.25, 0.3) is 0 Å². The van der Waals surface area contributed by atoms with Gasteiger partial charge in [-0.25, -0.2) is 0 Å². The highest BCUT2D eigenvalue weighted by molar-refractivity contribution is 6.31. The molecule has 1 saturated heterocycles. The number of carbonyl (C=O) groups is 2. The van der Waals surface area contributed by atoms with Crippen LogP contribution in [0.1, 0.15) is 32.3 Å². The largest absolute Gasteiger partial charge is 0.353 e. The predicted octanol–water partition coefficient (Wildman–Crippen LogP) is 2.65. The van der Waals surface area contributed by atoms with Gasteiger partial charge in [-0.1, -0.05) is 43.6 Å². The molecule has 22 heavy (non-hydrogen) atoms. The molecule has 0 radical (unpaired) electrons. The van der Waals surface area contributed by atoms with E-state index in [9.17, 15) is 9.59 Å². The Kier molecular flexibility index (Phi) is 5.83. The van der Waals surface area contributed by atoms with E-state index in [2.05, 4.69) is 5.32 Å². The van der Waals surface area contributed by atoms with E-state index in [-0.39, 0.29) is 23.8 Å². The summed E-state index contributed by atoms with van der Waals surface area (Å²) in [6.07, 6.45) is 1.92. The zero-order chi connectivity index (χ0) is 16.1. The van der Waals surface area contributed by atoms with Crippen molar-refractivity contribution in [2.24, 2.45) is 5.92 Å². The van der Waals surface area contributed by atoms with Crippen LogP contribution in [0.25, 0.3) is 0 Å². The first kappa shape index (κ1) is 16.8. The topological polar surface area (TPSA) is 49.4 Å². The fraction of sp³-hybridized carbons (Fsp3) is 0.529. The molecule has 0 unspecified atom stereocenters. The molecule has 1 aliphatic heterocycles. The monoisotopic (exact) mass is 322 g/mol. The molecule has 1 heterocycles. The second-order valence-electron chi connectivity index (χ2n) is 6.09. The maximum atomic E-state index is 12.1. The van der Waals surface area contributed by atoms with Crippen LogP contribution < -0.4 is 5.32 Å². The van der Waals surface area contributed by atoms with Gasteiger partial charge >= 0.3 is 0 Å². The van der Waals surface area contributed by atoms with Crippen LogP contribution >= 0.6 is 11.6 Å². The molecule has 1 aromatic rings. The van der Waals surface area contributed by atoms with Crippen molar-refractivity contribution in [2.75, 3.05) is 13.1 Å². The molecule has 120 valence electrons. The minimum absolute atomic E-state index is 0.0123. The highest BCUT2D eigenvalue weighted by atomic mass is 35.5. The van der Waals surface area contributed by atoms with Crippen LogP contribution in [0, 0.1) is 5.92 Å². The Morgan fingerprint density at radius 1 is 1.27 bits per heavy atom. The molecule has 1 aliphatic rings. The van der Waals surface area contributed by atoms with Crippen LogP contribution in [0.3, 0.4) is 0 Å². The van der Waals surface area contributed by atoms with Crippen molar-refractivity contribution < 1.29 is 9.59 Å². The number of hydrogen-bond donors (Lipinski definition) is 1. The number of rotatable bonds is 4. The number of carbonyl (C=O) groups excluding carboxylic acids is 2.